The van der Waals surface area contributed by atoms with Gasteiger partial charge in [0.2, 0.25) is 0 Å². The molecule has 0 aliphatic heterocycles. The summed E-state index contributed by atoms with van der Waals surface area (Å²) in [6, 6.07) is 8.14. The van der Waals surface area contributed by atoms with Crippen molar-refractivity contribution >= 4 is 56.4 Å². The van der Waals surface area contributed by atoms with E-state index in [1.807, 2.05) is 0 Å². The molecular weight excluding hydrogens is 379 g/mol. The molecule has 2 rings (SSSR count). The number of carbonyl (C=O) groups is 1. The summed E-state index contributed by atoms with van der Waals surface area (Å²) in [6.07, 6.45) is 0. The van der Waals surface area contributed by atoms with Gasteiger partial charge >= 0.3 is 0 Å². The zero-order chi connectivity index (χ0) is 15.6. The Morgan fingerprint density at radius 1 is 1.29 bits per heavy atom. The molecule has 0 heterocycles. The number of benzene rings is 2. The van der Waals surface area contributed by atoms with Gasteiger partial charge in [-0.1, -0.05) is 39.1 Å². The Morgan fingerprint density at radius 2 is 2.00 bits per heavy atom. The van der Waals surface area contributed by atoms with E-state index in [-0.39, 0.29) is 16.3 Å². The molecule has 2 aromatic rings. The largest absolute Gasteiger partial charge is 0.494 e. The van der Waals surface area contributed by atoms with Crippen LogP contribution >= 0.6 is 39.1 Å². The Morgan fingerprint density at radius 3 is 2.62 bits per heavy atom. The van der Waals surface area contributed by atoms with Gasteiger partial charge in [-0.2, -0.15) is 0 Å². The van der Waals surface area contributed by atoms with Crippen molar-refractivity contribution in [1.29, 1.82) is 0 Å². The zero-order valence-electron chi connectivity index (χ0n) is 10.9. The minimum Gasteiger partial charge on any atom is -0.494 e. The molecule has 0 aromatic heterocycles. The Bertz CT molecular complexity index is 708. The summed E-state index contributed by atoms with van der Waals surface area (Å²) in [6.45, 7) is 0. The van der Waals surface area contributed by atoms with Crippen molar-refractivity contribution in [3.05, 3.63) is 50.4 Å². The average Bonchev–Trinajstić information content (AvgIpc) is 2.41. The molecule has 3 N–H and O–H groups in total. The molecule has 0 fully saturated rings. The highest BCUT2D eigenvalue weighted by Gasteiger charge is 2.17. The van der Waals surface area contributed by atoms with E-state index >= 15 is 0 Å². The van der Waals surface area contributed by atoms with Crippen molar-refractivity contribution in [1.82, 2.24) is 0 Å². The third kappa shape index (κ3) is 3.61. The van der Waals surface area contributed by atoms with E-state index in [1.54, 1.807) is 18.2 Å². The van der Waals surface area contributed by atoms with Crippen molar-refractivity contribution in [2.45, 2.75) is 0 Å². The van der Waals surface area contributed by atoms with Crippen LogP contribution in [0, 0.1) is 0 Å². The van der Waals surface area contributed by atoms with Crippen LogP contribution in [0.15, 0.2) is 34.8 Å². The molecule has 110 valence electrons. The van der Waals surface area contributed by atoms with Crippen molar-refractivity contribution in [3.8, 4) is 5.75 Å². The van der Waals surface area contributed by atoms with Gasteiger partial charge in [-0.15, -0.1) is 0 Å². The smallest absolute Gasteiger partial charge is 0.259 e. The summed E-state index contributed by atoms with van der Waals surface area (Å²) in [7, 11) is 1.43. The second kappa shape index (κ2) is 6.56. The highest BCUT2D eigenvalue weighted by Crippen LogP contribution is 2.33. The summed E-state index contributed by atoms with van der Waals surface area (Å²) < 4.78 is 5.97. The molecular formula is C14H11BrCl2N2O2. The first-order valence-corrected chi connectivity index (χ1v) is 7.36. The molecule has 0 aliphatic carbocycles. The third-order valence-corrected chi connectivity index (χ3v) is 3.71. The standard InChI is InChI=1S/C14H11BrCl2N2O2/c1-21-13-9(5-8(16)6-10(13)17)14(20)19-12-3-2-7(15)4-11(12)18/h2-6H,18H2,1H3,(H,19,20). The van der Waals surface area contributed by atoms with Crippen molar-refractivity contribution < 1.29 is 9.53 Å². The zero-order valence-corrected chi connectivity index (χ0v) is 14.0. The number of ether oxygens (including phenoxy) is 1. The summed E-state index contributed by atoms with van der Waals surface area (Å²) in [5, 5.41) is 3.31. The molecule has 0 aliphatic rings. The molecule has 0 saturated carbocycles. The fraction of sp³-hybridized carbons (Fsp3) is 0.0714. The molecule has 4 nitrogen and oxygen atoms in total. The Kier molecular flexibility index (Phi) is 4.98. The molecule has 0 atom stereocenters. The van der Waals surface area contributed by atoms with Crippen LogP contribution in [-0.4, -0.2) is 13.0 Å². The lowest BCUT2D eigenvalue weighted by atomic mass is 10.1. The lowest BCUT2D eigenvalue weighted by Crippen LogP contribution is -2.14. The topological polar surface area (TPSA) is 64.3 Å². The van der Waals surface area contributed by atoms with Crippen LogP contribution in [0.4, 0.5) is 11.4 Å². The fourth-order valence-corrected chi connectivity index (χ4v) is 2.72. The summed E-state index contributed by atoms with van der Waals surface area (Å²) in [5.41, 5.74) is 7.01. The lowest BCUT2D eigenvalue weighted by molar-refractivity contribution is 0.102. The highest BCUT2D eigenvalue weighted by atomic mass is 79.9. The second-order valence-corrected chi connectivity index (χ2v) is 5.91. The van der Waals surface area contributed by atoms with Gasteiger partial charge in [-0.05, 0) is 30.3 Å². The van der Waals surface area contributed by atoms with Crippen LogP contribution in [0.2, 0.25) is 10.0 Å². The summed E-state index contributed by atoms with van der Waals surface area (Å²) >= 11 is 15.2. The highest BCUT2D eigenvalue weighted by molar-refractivity contribution is 9.10. The van der Waals surface area contributed by atoms with Gasteiger partial charge in [-0.25, -0.2) is 0 Å². The molecule has 21 heavy (non-hydrogen) atoms. The maximum Gasteiger partial charge on any atom is 0.259 e. The van der Waals surface area contributed by atoms with E-state index < -0.39 is 5.91 Å². The molecule has 0 saturated heterocycles. The quantitative estimate of drug-likeness (QED) is 0.754. The Labute approximate surface area is 140 Å². The Hall–Kier alpha value is -1.43. The number of rotatable bonds is 3. The van der Waals surface area contributed by atoms with Gasteiger partial charge in [0.05, 0.1) is 29.1 Å². The summed E-state index contributed by atoms with van der Waals surface area (Å²) in [5.74, 6) is -0.153. The number of hydrogen-bond donors (Lipinski definition) is 2. The average molecular weight is 390 g/mol. The summed E-state index contributed by atoms with van der Waals surface area (Å²) in [4.78, 5) is 12.4. The van der Waals surface area contributed by atoms with E-state index in [0.29, 0.717) is 16.4 Å². The number of nitrogen functional groups attached to an aromatic ring is 1. The molecule has 2 aromatic carbocycles. The number of methoxy groups -OCH3 is 1. The van der Waals surface area contributed by atoms with Gasteiger partial charge in [0.1, 0.15) is 5.75 Å². The van der Waals surface area contributed by atoms with Crippen LogP contribution < -0.4 is 15.8 Å². The SMILES string of the molecule is COc1c(Cl)cc(Cl)cc1C(=O)Nc1ccc(Br)cc1N. The number of carbonyl (C=O) groups excluding carboxylic acids is 1. The Balaban J connectivity index is 2.36. The monoisotopic (exact) mass is 388 g/mol. The van der Waals surface area contributed by atoms with Crippen LogP contribution in [0.1, 0.15) is 10.4 Å². The minimum absolute atomic E-state index is 0.234. The maximum absolute atomic E-state index is 12.4. The van der Waals surface area contributed by atoms with Gasteiger partial charge < -0.3 is 15.8 Å². The lowest BCUT2D eigenvalue weighted by Gasteiger charge is -2.12. The first-order valence-electron chi connectivity index (χ1n) is 5.81. The number of hydrogen-bond acceptors (Lipinski definition) is 3. The third-order valence-electron chi connectivity index (χ3n) is 2.72. The molecule has 0 radical (unpaired) electrons. The number of anilines is 2. The van der Waals surface area contributed by atoms with Crippen LogP contribution in [-0.2, 0) is 0 Å². The first-order chi connectivity index (χ1) is 9.92. The van der Waals surface area contributed by atoms with Gasteiger partial charge in [0.15, 0.2) is 0 Å². The van der Waals surface area contributed by atoms with Crippen LogP contribution in [0.5, 0.6) is 5.75 Å². The van der Waals surface area contributed by atoms with E-state index in [9.17, 15) is 4.79 Å². The van der Waals surface area contributed by atoms with E-state index in [2.05, 4.69) is 21.2 Å². The molecule has 0 spiro atoms. The van der Waals surface area contributed by atoms with Crippen LogP contribution in [0.25, 0.3) is 0 Å². The van der Waals surface area contributed by atoms with Gasteiger partial charge in [0.25, 0.3) is 5.91 Å². The normalized spacial score (nSPS) is 10.3. The van der Waals surface area contributed by atoms with Gasteiger partial charge in [0, 0.05) is 9.50 Å². The minimum atomic E-state index is -0.412. The fourth-order valence-electron chi connectivity index (χ4n) is 1.77. The molecule has 7 heteroatoms. The molecule has 1 amide bonds. The number of nitrogens with two attached hydrogens (primary N) is 1. The predicted molar refractivity (Wildman–Crippen MR) is 89.5 cm³/mol. The van der Waals surface area contributed by atoms with Crippen molar-refractivity contribution in [3.63, 3.8) is 0 Å². The molecule has 0 unspecified atom stereocenters. The van der Waals surface area contributed by atoms with Crippen molar-refractivity contribution in [2.24, 2.45) is 0 Å². The number of amides is 1. The van der Waals surface area contributed by atoms with E-state index in [0.717, 1.165) is 4.47 Å². The predicted octanol–water partition coefficient (Wildman–Crippen LogP) is 4.60. The van der Waals surface area contributed by atoms with E-state index in [1.165, 1.54) is 19.2 Å². The van der Waals surface area contributed by atoms with E-state index in [4.69, 9.17) is 33.7 Å². The number of halogens is 3. The van der Waals surface area contributed by atoms with Crippen molar-refractivity contribution in [2.75, 3.05) is 18.2 Å². The molecule has 0 bridgehead atoms. The first kappa shape index (κ1) is 15.9. The maximum atomic E-state index is 12.4. The second-order valence-electron chi connectivity index (χ2n) is 4.15. The van der Waals surface area contributed by atoms with Gasteiger partial charge in [-0.3, -0.25) is 4.79 Å². The number of nitrogens with one attached hydrogen (secondary N) is 1. The van der Waals surface area contributed by atoms with Crippen LogP contribution in [0.3, 0.4) is 0 Å².